The molecule has 1 N–H and O–H groups in total. The molecule has 6 aromatic carbocycles. The predicted octanol–water partition coefficient (Wildman–Crippen LogP) is 24.8. The molecule has 0 saturated carbocycles. The number of phenols is 1. The lowest BCUT2D eigenvalue weighted by Gasteiger charge is -2.41. The van der Waals surface area contributed by atoms with Crippen LogP contribution in [0.1, 0.15) is 305 Å². The van der Waals surface area contributed by atoms with Gasteiger partial charge in [0, 0.05) is 44.5 Å². The Kier molecular flexibility index (Phi) is 25.4. The van der Waals surface area contributed by atoms with Crippen molar-refractivity contribution in [2.75, 3.05) is 52.9 Å². The molecule has 23 heteroatoms. The number of phenolic OH excluding ortho intramolecular Hbond substituents is 1. The lowest BCUT2D eigenvalue weighted by molar-refractivity contribution is -0.134. The highest BCUT2D eigenvalue weighted by Crippen LogP contribution is 2.60. The first-order valence-electron chi connectivity index (χ1n) is 39.5. The van der Waals surface area contributed by atoms with Crippen molar-refractivity contribution in [2.24, 2.45) is 10.8 Å². The number of carbonyl (C=O) groups is 3. The van der Waals surface area contributed by atoms with Gasteiger partial charge in [-0.25, -0.2) is 0 Å². The third-order valence-electron chi connectivity index (χ3n) is 22.1. The van der Waals surface area contributed by atoms with Gasteiger partial charge in [0.15, 0.2) is 0 Å². The number of esters is 3. The monoisotopic (exact) mass is 1680 g/mol. The lowest BCUT2D eigenvalue weighted by Crippen LogP contribution is -2.45. The van der Waals surface area contributed by atoms with Crippen LogP contribution < -0.4 is 23.3 Å². The summed E-state index contributed by atoms with van der Waals surface area (Å²) in [4.78, 5) is 41.0. The van der Waals surface area contributed by atoms with Gasteiger partial charge < -0.3 is 64.6 Å². The van der Waals surface area contributed by atoms with Crippen LogP contribution in [-0.4, -0.2) is 75.9 Å². The molecule has 0 bridgehead atoms. The number of hydrogen-bond acceptors (Lipinski definition) is 17. The molecule has 3 unspecified atom stereocenters. The molecule has 2 spiro atoms. The van der Waals surface area contributed by atoms with Crippen molar-refractivity contribution in [3.63, 3.8) is 0 Å². The van der Waals surface area contributed by atoms with Gasteiger partial charge in [-0.15, -0.1) is 0 Å². The highest BCUT2D eigenvalue weighted by Gasteiger charge is 2.49. The van der Waals surface area contributed by atoms with Crippen molar-refractivity contribution in [3.8, 4) is 34.5 Å². The minimum atomic E-state index is -1.76. The van der Waals surface area contributed by atoms with E-state index in [1.165, 1.54) is 16.7 Å². The highest BCUT2D eigenvalue weighted by atomic mass is 35.7. The van der Waals surface area contributed by atoms with Gasteiger partial charge in [0.1, 0.15) is 52.3 Å². The molecule has 622 valence electrons. The number of carbonyl (C=O) groups excluding carboxylic acids is 3. The fourth-order valence-corrected chi connectivity index (χ4v) is 19.9. The van der Waals surface area contributed by atoms with Gasteiger partial charge in [0.2, 0.25) is 0 Å². The second-order valence-corrected chi connectivity index (χ2v) is 47.4. The van der Waals surface area contributed by atoms with E-state index >= 15 is 0 Å². The summed E-state index contributed by atoms with van der Waals surface area (Å²) in [7, 11) is -5.96. The summed E-state index contributed by atoms with van der Waals surface area (Å²) in [6.07, 6.45) is 0. The number of halogens is 2. The van der Waals surface area contributed by atoms with Crippen molar-refractivity contribution < 1.29 is 78.9 Å². The molecular weight excluding hydrogens is 1560 g/mol. The van der Waals surface area contributed by atoms with E-state index in [2.05, 4.69) is 235 Å². The number of ether oxygens (including phenoxy) is 3. The van der Waals surface area contributed by atoms with E-state index in [1.807, 2.05) is 45.0 Å². The summed E-state index contributed by atoms with van der Waals surface area (Å²) in [6.45, 7) is 67.5. The molecule has 0 radical (unpaired) electrons. The van der Waals surface area contributed by atoms with Gasteiger partial charge in [-0.3, -0.25) is 14.4 Å². The van der Waals surface area contributed by atoms with E-state index in [0.29, 0.717) is 87.4 Å². The molecule has 4 saturated heterocycles. The van der Waals surface area contributed by atoms with E-state index in [-0.39, 0.29) is 72.1 Å². The lowest BCUT2D eigenvalue weighted by atomic mass is 9.76. The second kappa shape index (κ2) is 32.2. The summed E-state index contributed by atoms with van der Waals surface area (Å²) in [5.41, 5.74) is 14.8. The maximum atomic E-state index is 13.9. The largest absolute Gasteiger partial charge is 0.507 e. The molecule has 6 aromatic rings. The van der Waals surface area contributed by atoms with Crippen molar-refractivity contribution in [1.82, 2.24) is 0 Å². The number of hydrogen-bond donors (Lipinski definition) is 1. The topological polar surface area (TPSA) is 191 Å². The predicted molar refractivity (Wildman–Crippen MR) is 458 cm³/mol. The zero-order valence-electron chi connectivity index (χ0n) is 72.8. The van der Waals surface area contributed by atoms with E-state index in [0.717, 1.165) is 83.5 Å². The summed E-state index contributed by atoms with van der Waals surface area (Å²) in [6, 6.07) is 25.3. The zero-order valence-corrected chi connectivity index (χ0v) is 77.9. The fraction of sp³-hybridized carbons (Fsp3) is 0.571. The van der Waals surface area contributed by atoms with E-state index in [1.54, 1.807) is 0 Å². The molecule has 4 fully saturated rings. The minimum absolute atomic E-state index is 0.0489. The summed E-state index contributed by atoms with van der Waals surface area (Å²) < 4.78 is 77.9. The van der Waals surface area contributed by atoms with Gasteiger partial charge in [0.05, 0.1) is 63.7 Å². The molecule has 7 aliphatic rings. The Morgan fingerprint density at radius 1 is 0.325 bits per heavy atom. The first kappa shape index (κ1) is 89.9. The minimum Gasteiger partial charge on any atom is -0.507 e. The van der Waals surface area contributed by atoms with E-state index in [9.17, 15) is 19.5 Å². The zero-order chi connectivity index (χ0) is 84.5. The average Bonchev–Trinajstić information content (AvgIpc) is 1.58. The van der Waals surface area contributed by atoms with Crippen LogP contribution in [-0.2, 0) is 99.3 Å². The molecule has 17 nitrogen and oxygen atoms in total. The summed E-state index contributed by atoms with van der Waals surface area (Å²) in [5.74, 6) is 1.34. The van der Waals surface area contributed by atoms with Crippen molar-refractivity contribution in [2.45, 2.75) is 274 Å². The van der Waals surface area contributed by atoms with E-state index < -0.39 is 55.8 Å². The smallest absolute Gasteiger partial charge is 0.397 e. The quantitative estimate of drug-likeness (QED) is 0.0901. The Balaban J connectivity index is 0.000000241. The highest BCUT2D eigenvalue weighted by molar-refractivity contribution is 7.76. The average molecular weight is 1680 g/mol. The number of aromatic hydroxyl groups is 1. The van der Waals surface area contributed by atoms with Crippen LogP contribution in [0.2, 0.25) is 0 Å². The first-order valence-corrected chi connectivity index (χ1v) is 45.9. The molecule has 7 aliphatic heterocycles. The van der Waals surface area contributed by atoms with Crippen LogP contribution >= 0.6 is 55.1 Å². The van der Waals surface area contributed by atoms with Crippen LogP contribution in [0.25, 0.3) is 0 Å². The Labute approximate surface area is 693 Å². The van der Waals surface area contributed by atoms with Gasteiger partial charge >= 0.3 is 35.1 Å². The van der Waals surface area contributed by atoms with Crippen LogP contribution in [0, 0.1) is 31.6 Å². The maximum Gasteiger partial charge on any atom is 0.397 e. The van der Waals surface area contributed by atoms with Crippen molar-refractivity contribution in [1.29, 1.82) is 0 Å². The van der Waals surface area contributed by atoms with Gasteiger partial charge in [-0.1, -0.05) is 260 Å². The first-order chi connectivity index (χ1) is 52.3. The number of rotatable bonds is 7. The maximum absolute atomic E-state index is 13.9. The molecule has 0 amide bonds. The van der Waals surface area contributed by atoms with Crippen LogP contribution in [0.15, 0.2) is 72.8 Å². The van der Waals surface area contributed by atoms with Crippen LogP contribution in [0.4, 0.5) is 0 Å². The van der Waals surface area contributed by atoms with Gasteiger partial charge in [0.25, 0.3) is 15.5 Å². The summed E-state index contributed by atoms with van der Waals surface area (Å²) in [5, 5.41) is 10.6. The third-order valence-corrected chi connectivity index (χ3v) is 26.6. The molecule has 0 aliphatic carbocycles. The molecule has 13 rings (SSSR count). The summed E-state index contributed by atoms with van der Waals surface area (Å²) >= 11 is 11.3. The van der Waals surface area contributed by atoms with Gasteiger partial charge in [-0.05, 0) is 148 Å². The normalized spacial score (nSPS) is 24.2. The second-order valence-electron chi connectivity index (χ2n) is 41.5. The van der Waals surface area contributed by atoms with E-state index in [4.69, 9.17) is 81.9 Å². The molecule has 3 atom stereocenters. The number of aryl methyl sites for hydroxylation is 3. The number of fused-ring (bicyclic) bond motifs is 3. The van der Waals surface area contributed by atoms with Crippen molar-refractivity contribution in [3.05, 3.63) is 173 Å². The van der Waals surface area contributed by atoms with Crippen molar-refractivity contribution >= 4 is 73.1 Å². The van der Waals surface area contributed by atoms with Crippen LogP contribution in [0.5, 0.6) is 34.5 Å². The fourth-order valence-electron chi connectivity index (χ4n) is 15.0. The molecule has 114 heavy (non-hydrogen) atoms. The Bertz CT molecular complexity index is 4430. The SMILES string of the molecule is Cc1cc(C2C(=O)Oc3c2cc(C(C)(C)C)cc3C(C)(C)C)cc(C(C)(C)C)c1O.Cc1cc(C2C(=O)Oc3c2cc(C(C)(C)C)cc3C(C)(C)C)cc(C(C)(C)C)c1OP1OCC2(CO1)COP(Oc1c(C)cc(C3C(=O)Oc4c3cc(C(C)(C)C)cc4C(C)(C)C)cc1C(C)(C)C)OC2.ClP1OCC2(CO1)COP(Cl)OC2. The molecule has 7 heterocycles. The Hall–Kier alpha value is -4.89. The third kappa shape index (κ3) is 19.4. The standard InChI is InChI=1S/C59H78O10P2.C27H36O3.C5H8Cl2O4P2/c1-33-21-35(45-39-25-37(53(3,4)5)27-43(57(15,16)17)49(39)66-51(45)60)23-41(55(9,10)11)47(33)68-70-62-29-59(30-63-70)31-64-71(65-32-59)69-48-34(2)22-36(24-42(48)56(12,13)14)46-40-26-38(54(6,7)8)28-44(58(18,19)20)50(40)67-52(46)61;1-15-11-16(12-19(22(15)28)26(5,6)7)21-18-13-17(25(2,3)4)14-20(27(8,9)10)23(18)30-24(21)29;6-12-8-1-5(2-9-12)3-10-13(7)11-4-5/h21-28,45-46H,29-32H2,1-20H3;11-14,21,28H,1-10H3;1-4H2. The molecule has 0 aromatic heterocycles. The Morgan fingerprint density at radius 2 is 0.561 bits per heavy atom. The molecular formula is C91H122Cl2O17P4. The Morgan fingerprint density at radius 3 is 0.807 bits per heavy atom. The van der Waals surface area contributed by atoms with Gasteiger partial charge in [-0.2, -0.15) is 0 Å². The number of benzene rings is 6. The van der Waals surface area contributed by atoms with Crippen LogP contribution in [0.3, 0.4) is 0 Å².